The second kappa shape index (κ2) is 5.43. The van der Waals surface area contributed by atoms with Crippen molar-refractivity contribution in [1.29, 1.82) is 0 Å². The van der Waals surface area contributed by atoms with Gasteiger partial charge in [-0.3, -0.25) is 9.78 Å². The Kier molecular flexibility index (Phi) is 4.76. The molecule has 0 spiro atoms. The van der Waals surface area contributed by atoms with Gasteiger partial charge in [-0.1, -0.05) is 6.08 Å². The van der Waals surface area contributed by atoms with Gasteiger partial charge in [0.2, 0.25) is 0 Å². The molecule has 0 rings (SSSR count). The first kappa shape index (κ1) is 9.64. The van der Waals surface area contributed by atoms with Crippen LogP contribution in [0.15, 0.2) is 12.7 Å². The van der Waals surface area contributed by atoms with Crippen LogP contribution in [0.4, 0.5) is 0 Å². The average Bonchev–Trinajstić information content (AvgIpc) is 1.87. The van der Waals surface area contributed by atoms with Crippen LogP contribution >= 0.6 is 0 Å². The molecule has 0 heterocycles. The quantitative estimate of drug-likeness (QED) is 0.340. The predicted octanol–water partition coefficient (Wildman–Crippen LogP) is 0.515. The highest BCUT2D eigenvalue weighted by molar-refractivity contribution is 5.70. The lowest BCUT2D eigenvalue weighted by Gasteiger charge is -1.96. The summed E-state index contributed by atoms with van der Waals surface area (Å²) in [5.41, 5.74) is 0. The number of hydrogen-bond donors (Lipinski definition) is 0. The molecular weight excluding hydrogens is 152 g/mol. The molecule has 0 aromatic carbocycles. The highest BCUT2D eigenvalue weighted by atomic mass is 17.5. The third kappa shape index (κ3) is 6.53. The third-order valence-corrected chi connectivity index (χ3v) is 0.589. The van der Waals surface area contributed by atoms with Crippen LogP contribution < -0.4 is 0 Å². The fourth-order valence-electron chi connectivity index (χ4n) is 0.255. The standard InChI is InChI=1S/C6H8O5/c1-3-4-6(8)10-11-9-5(2)7/h3H,1,4H2,2H3. The van der Waals surface area contributed by atoms with Gasteiger partial charge in [0.05, 0.1) is 6.42 Å². The number of carbonyl (C=O) groups excluding carboxylic acids is 2. The highest BCUT2D eigenvalue weighted by Crippen LogP contribution is 1.89. The molecule has 0 amide bonds. The van der Waals surface area contributed by atoms with E-state index in [1.165, 1.54) is 6.08 Å². The van der Waals surface area contributed by atoms with E-state index in [9.17, 15) is 9.59 Å². The van der Waals surface area contributed by atoms with Gasteiger partial charge in [0, 0.05) is 12.0 Å². The molecule has 0 atom stereocenters. The first-order valence-electron chi connectivity index (χ1n) is 2.82. The van der Waals surface area contributed by atoms with E-state index in [2.05, 4.69) is 21.4 Å². The highest BCUT2D eigenvalue weighted by Gasteiger charge is 2.01. The van der Waals surface area contributed by atoms with Gasteiger partial charge in [0.15, 0.2) is 0 Å². The van der Waals surface area contributed by atoms with E-state index in [-0.39, 0.29) is 6.42 Å². The molecule has 0 N–H and O–H groups in total. The van der Waals surface area contributed by atoms with Crippen molar-refractivity contribution in [3.8, 4) is 0 Å². The summed E-state index contributed by atoms with van der Waals surface area (Å²) < 4.78 is 0. The molecule has 0 saturated heterocycles. The van der Waals surface area contributed by atoms with E-state index in [4.69, 9.17) is 0 Å². The Morgan fingerprint density at radius 2 is 2.09 bits per heavy atom. The van der Waals surface area contributed by atoms with Crippen molar-refractivity contribution < 1.29 is 24.4 Å². The van der Waals surface area contributed by atoms with Gasteiger partial charge >= 0.3 is 11.9 Å². The molecule has 0 aliphatic rings. The molecule has 0 aliphatic heterocycles. The topological polar surface area (TPSA) is 61.8 Å². The molecule has 0 aromatic heterocycles. The summed E-state index contributed by atoms with van der Waals surface area (Å²) in [6, 6.07) is 0. The first-order valence-corrected chi connectivity index (χ1v) is 2.82. The molecule has 0 aromatic rings. The molecule has 0 bridgehead atoms. The van der Waals surface area contributed by atoms with Gasteiger partial charge in [-0.15, -0.1) is 6.58 Å². The van der Waals surface area contributed by atoms with E-state index in [0.29, 0.717) is 0 Å². The zero-order valence-corrected chi connectivity index (χ0v) is 6.03. The molecular formula is C6H8O5. The summed E-state index contributed by atoms with van der Waals surface area (Å²) in [6.45, 7) is 4.39. The number of hydrogen-bond acceptors (Lipinski definition) is 5. The van der Waals surface area contributed by atoms with Crippen molar-refractivity contribution in [3.63, 3.8) is 0 Å². The molecule has 0 saturated carbocycles. The smallest absolute Gasteiger partial charge is 0.260 e. The van der Waals surface area contributed by atoms with Crippen LogP contribution in [0.25, 0.3) is 0 Å². The van der Waals surface area contributed by atoms with Crippen molar-refractivity contribution in [3.05, 3.63) is 12.7 Å². The SMILES string of the molecule is C=CCC(=O)OOOC(C)=O. The maximum absolute atomic E-state index is 10.4. The normalized spacial score (nSPS) is 8.45. The minimum Gasteiger partial charge on any atom is -0.260 e. The Morgan fingerprint density at radius 3 is 2.55 bits per heavy atom. The monoisotopic (exact) mass is 160 g/mol. The van der Waals surface area contributed by atoms with Crippen molar-refractivity contribution in [2.24, 2.45) is 0 Å². The van der Waals surface area contributed by atoms with Crippen molar-refractivity contribution in [2.45, 2.75) is 13.3 Å². The maximum atomic E-state index is 10.4. The molecule has 11 heavy (non-hydrogen) atoms. The Labute approximate surface area is 63.4 Å². The second-order valence-corrected chi connectivity index (χ2v) is 1.59. The van der Waals surface area contributed by atoms with Crippen LogP contribution in [0.1, 0.15) is 13.3 Å². The van der Waals surface area contributed by atoms with E-state index in [1.54, 1.807) is 0 Å². The zero-order chi connectivity index (χ0) is 8.69. The third-order valence-electron chi connectivity index (χ3n) is 0.589. The number of carbonyl (C=O) groups is 2. The molecule has 0 fully saturated rings. The summed E-state index contributed by atoms with van der Waals surface area (Å²) in [5, 5.41) is 3.76. The summed E-state index contributed by atoms with van der Waals surface area (Å²) in [6.07, 6.45) is 1.33. The summed E-state index contributed by atoms with van der Waals surface area (Å²) in [4.78, 5) is 28.2. The summed E-state index contributed by atoms with van der Waals surface area (Å²) in [5.74, 6) is -1.38. The lowest BCUT2D eigenvalue weighted by atomic mass is 10.4. The van der Waals surface area contributed by atoms with Crippen LogP contribution in [0, 0.1) is 0 Å². The van der Waals surface area contributed by atoms with Gasteiger partial charge in [-0.25, -0.2) is 9.59 Å². The second-order valence-electron chi connectivity index (χ2n) is 1.59. The largest absolute Gasteiger partial charge is 0.350 e. The fourth-order valence-corrected chi connectivity index (χ4v) is 0.255. The van der Waals surface area contributed by atoms with Gasteiger partial charge in [0.25, 0.3) is 0 Å². The summed E-state index contributed by atoms with van der Waals surface area (Å²) in [7, 11) is 0. The Bertz CT molecular complexity index is 162. The minimum absolute atomic E-state index is 0.00125. The van der Waals surface area contributed by atoms with Gasteiger partial charge in [0.1, 0.15) is 0 Å². The number of rotatable bonds is 4. The van der Waals surface area contributed by atoms with E-state index < -0.39 is 11.9 Å². The Balaban J connectivity index is 3.31. The summed E-state index contributed by atoms with van der Waals surface area (Å²) >= 11 is 0. The van der Waals surface area contributed by atoms with Gasteiger partial charge < -0.3 is 0 Å². The molecule has 62 valence electrons. The predicted molar refractivity (Wildman–Crippen MR) is 33.8 cm³/mol. The molecule has 5 nitrogen and oxygen atoms in total. The molecule has 0 unspecified atom stereocenters. The van der Waals surface area contributed by atoms with E-state index in [0.717, 1.165) is 6.92 Å². The van der Waals surface area contributed by atoms with Crippen LogP contribution in [-0.2, 0) is 24.4 Å². The van der Waals surface area contributed by atoms with Crippen LogP contribution in [0.5, 0.6) is 0 Å². The van der Waals surface area contributed by atoms with E-state index >= 15 is 0 Å². The molecule has 5 heteroatoms. The van der Waals surface area contributed by atoms with Crippen molar-refractivity contribution >= 4 is 11.9 Å². The Morgan fingerprint density at radius 1 is 1.45 bits per heavy atom. The zero-order valence-electron chi connectivity index (χ0n) is 6.03. The van der Waals surface area contributed by atoms with Crippen molar-refractivity contribution in [2.75, 3.05) is 0 Å². The Hall–Kier alpha value is -1.36. The van der Waals surface area contributed by atoms with E-state index in [1.807, 2.05) is 0 Å². The van der Waals surface area contributed by atoms with Crippen LogP contribution in [-0.4, -0.2) is 11.9 Å². The first-order chi connectivity index (χ1) is 5.16. The lowest BCUT2D eigenvalue weighted by molar-refractivity contribution is -0.458. The van der Waals surface area contributed by atoms with Gasteiger partial charge in [-0.05, 0) is 0 Å². The van der Waals surface area contributed by atoms with Crippen LogP contribution in [0.2, 0.25) is 0 Å². The van der Waals surface area contributed by atoms with Crippen LogP contribution in [0.3, 0.4) is 0 Å². The fraction of sp³-hybridized carbons (Fsp3) is 0.333. The lowest BCUT2D eigenvalue weighted by Crippen LogP contribution is -2.07. The average molecular weight is 160 g/mol. The van der Waals surface area contributed by atoms with Crippen molar-refractivity contribution in [1.82, 2.24) is 0 Å². The maximum Gasteiger partial charge on any atom is 0.350 e. The molecule has 0 radical (unpaired) electrons. The van der Waals surface area contributed by atoms with Gasteiger partial charge in [-0.2, -0.15) is 0 Å². The molecule has 0 aliphatic carbocycles. The minimum atomic E-state index is -0.698.